The lowest BCUT2D eigenvalue weighted by Crippen LogP contribution is -2.45. The first-order valence-electron chi connectivity index (χ1n) is 4.85. The fourth-order valence-corrected chi connectivity index (χ4v) is 1.46. The number of likely N-dealkylation sites (N-methyl/N-ethyl adjacent to an activating group) is 1. The van der Waals surface area contributed by atoms with E-state index in [4.69, 9.17) is 5.73 Å². The molecule has 0 aromatic heterocycles. The molecule has 0 unspecified atom stereocenters. The molecule has 0 radical (unpaired) electrons. The van der Waals surface area contributed by atoms with Crippen LogP contribution in [0.3, 0.4) is 0 Å². The second-order valence-corrected chi connectivity index (χ2v) is 3.91. The molecule has 12 heavy (non-hydrogen) atoms. The lowest BCUT2D eigenvalue weighted by atomic mass is 10.2. The Balaban J connectivity index is 2.09. The van der Waals surface area contributed by atoms with Gasteiger partial charge in [0.2, 0.25) is 0 Å². The van der Waals surface area contributed by atoms with Crippen LogP contribution in [0.1, 0.15) is 13.3 Å². The van der Waals surface area contributed by atoms with E-state index in [0.717, 1.165) is 6.42 Å². The van der Waals surface area contributed by atoms with E-state index in [1.54, 1.807) is 0 Å². The first-order valence-corrected chi connectivity index (χ1v) is 4.85. The number of nitrogens with two attached hydrogens (primary N) is 1. The van der Waals surface area contributed by atoms with E-state index in [9.17, 15) is 0 Å². The summed E-state index contributed by atoms with van der Waals surface area (Å²) in [7, 11) is 2.18. The van der Waals surface area contributed by atoms with Crippen LogP contribution in [0.2, 0.25) is 0 Å². The van der Waals surface area contributed by atoms with Crippen molar-refractivity contribution in [1.82, 2.24) is 9.80 Å². The van der Waals surface area contributed by atoms with Gasteiger partial charge < -0.3 is 15.5 Å². The fraction of sp³-hybridized carbons (Fsp3) is 1.00. The number of rotatable bonds is 3. The summed E-state index contributed by atoms with van der Waals surface area (Å²) in [5.41, 5.74) is 5.70. The molecule has 0 aliphatic carbocycles. The quantitative estimate of drug-likeness (QED) is 0.647. The lowest BCUT2D eigenvalue weighted by Gasteiger charge is -2.32. The highest BCUT2D eigenvalue weighted by molar-refractivity contribution is 4.70. The first-order chi connectivity index (χ1) is 5.68. The highest BCUT2D eigenvalue weighted by Gasteiger charge is 2.12. The van der Waals surface area contributed by atoms with Gasteiger partial charge in [0, 0.05) is 32.2 Å². The third-order valence-corrected chi connectivity index (χ3v) is 2.50. The average Bonchev–Trinajstić information content (AvgIpc) is 2.03. The molecule has 2 N–H and O–H groups in total. The van der Waals surface area contributed by atoms with Gasteiger partial charge in [0.25, 0.3) is 0 Å². The van der Waals surface area contributed by atoms with E-state index in [1.165, 1.54) is 32.7 Å². The maximum atomic E-state index is 5.70. The van der Waals surface area contributed by atoms with Crippen LogP contribution < -0.4 is 5.73 Å². The molecule has 1 rings (SSSR count). The van der Waals surface area contributed by atoms with Gasteiger partial charge in [0.05, 0.1) is 0 Å². The second-order valence-electron chi connectivity index (χ2n) is 3.91. The molecule has 1 saturated heterocycles. The molecule has 1 aliphatic heterocycles. The summed E-state index contributed by atoms with van der Waals surface area (Å²) in [5, 5.41) is 0. The van der Waals surface area contributed by atoms with Gasteiger partial charge in [-0.05, 0) is 26.9 Å². The molecule has 0 saturated carbocycles. The van der Waals surface area contributed by atoms with Gasteiger partial charge in [-0.1, -0.05) is 0 Å². The molecule has 0 spiro atoms. The molecule has 1 atom stereocenters. The van der Waals surface area contributed by atoms with E-state index >= 15 is 0 Å². The summed E-state index contributed by atoms with van der Waals surface area (Å²) >= 11 is 0. The van der Waals surface area contributed by atoms with Crippen molar-refractivity contribution in [3.63, 3.8) is 0 Å². The van der Waals surface area contributed by atoms with E-state index in [-0.39, 0.29) is 0 Å². The fourth-order valence-electron chi connectivity index (χ4n) is 1.46. The Labute approximate surface area is 75.5 Å². The van der Waals surface area contributed by atoms with Gasteiger partial charge in [-0.3, -0.25) is 0 Å². The van der Waals surface area contributed by atoms with Crippen molar-refractivity contribution in [3.8, 4) is 0 Å². The minimum atomic E-state index is 0.352. The minimum Gasteiger partial charge on any atom is -0.328 e. The summed E-state index contributed by atoms with van der Waals surface area (Å²) in [6, 6.07) is 0.352. The zero-order valence-corrected chi connectivity index (χ0v) is 8.29. The molecule has 72 valence electrons. The molecular formula is C9H21N3. The average molecular weight is 171 g/mol. The second kappa shape index (κ2) is 4.80. The summed E-state index contributed by atoms with van der Waals surface area (Å²) in [6.07, 6.45) is 1.13. The van der Waals surface area contributed by atoms with Crippen molar-refractivity contribution in [3.05, 3.63) is 0 Å². The minimum absolute atomic E-state index is 0.352. The summed E-state index contributed by atoms with van der Waals surface area (Å²) in [6.45, 7) is 8.09. The van der Waals surface area contributed by atoms with Gasteiger partial charge in [-0.25, -0.2) is 0 Å². The standard InChI is InChI=1S/C9H21N3/c1-9(10)3-4-12-7-5-11(2)6-8-12/h9H,3-8,10H2,1-2H3/t9-/m1/s1. The van der Waals surface area contributed by atoms with Crippen molar-refractivity contribution in [2.24, 2.45) is 5.73 Å². The number of hydrogen-bond donors (Lipinski definition) is 1. The largest absolute Gasteiger partial charge is 0.328 e. The van der Waals surface area contributed by atoms with Crippen LogP contribution in [0.4, 0.5) is 0 Å². The Morgan fingerprint density at radius 3 is 2.33 bits per heavy atom. The zero-order valence-electron chi connectivity index (χ0n) is 8.29. The lowest BCUT2D eigenvalue weighted by molar-refractivity contribution is 0.151. The summed E-state index contributed by atoms with van der Waals surface area (Å²) in [5.74, 6) is 0. The predicted octanol–water partition coefficient (Wildman–Crippen LogP) is -0.0289. The van der Waals surface area contributed by atoms with Crippen LogP contribution in [0.5, 0.6) is 0 Å². The maximum absolute atomic E-state index is 5.70. The molecule has 0 bridgehead atoms. The Bertz CT molecular complexity index is 117. The highest BCUT2D eigenvalue weighted by atomic mass is 15.2. The SMILES string of the molecule is C[C@@H](N)CCN1CCN(C)CC1. The Hall–Kier alpha value is -0.120. The maximum Gasteiger partial charge on any atom is 0.0110 e. The van der Waals surface area contributed by atoms with Gasteiger partial charge in [-0.15, -0.1) is 0 Å². The van der Waals surface area contributed by atoms with Crippen molar-refractivity contribution < 1.29 is 0 Å². The van der Waals surface area contributed by atoms with Crippen LogP contribution >= 0.6 is 0 Å². The van der Waals surface area contributed by atoms with E-state index in [0.29, 0.717) is 6.04 Å². The van der Waals surface area contributed by atoms with E-state index in [1.807, 2.05) is 0 Å². The normalized spacial score (nSPS) is 24.2. The van der Waals surface area contributed by atoms with Crippen LogP contribution in [-0.2, 0) is 0 Å². The number of piperazine rings is 1. The Morgan fingerprint density at radius 2 is 1.83 bits per heavy atom. The Morgan fingerprint density at radius 1 is 1.25 bits per heavy atom. The highest BCUT2D eigenvalue weighted by Crippen LogP contribution is 2.00. The summed E-state index contributed by atoms with van der Waals surface area (Å²) < 4.78 is 0. The monoisotopic (exact) mass is 171 g/mol. The third-order valence-electron chi connectivity index (χ3n) is 2.50. The third kappa shape index (κ3) is 3.52. The van der Waals surface area contributed by atoms with Gasteiger partial charge in [0.15, 0.2) is 0 Å². The molecule has 3 nitrogen and oxygen atoms in total. The van der Waals surface area contributed by atoms with E-state index < -0.39 is 0 Å². The van der Waals surface area contributed by atoms with Gasteiger partial charge >= 0.3 is 0 Å². The molecular weight excluding hydrogens is 150 g/mol. The van der Waals surface area contributed by atoms with Gasteiger partial charge in [-0.2, -0.15) is 0 Å². The topological polar surface area (TPSA) is 32.5 Å². The molecule has 1 heterocycles. The van der Waals surface area contributed by atoms with Gasteiger partial charge in [0.1, 0.15) is 0 Å². The van der Waals surface area contributed by atoms with Crippen molar-refractivity contribution in [1.29, 1.82) is 0 Å². The number of hydrogen-bond acceptors (Lipinski definition) is 3. The van der Waals surface area contributed by atoms with Crippen molar-refractivity contribution in [2.75, 3.05) is 39.8 Å². The molecule has 0 aromatic rings. The zero-order chi connectivity index (χ0) is 8.97. The predicted molar refractivity (Wildman–Crippen MR) is 52.2 cm³/mol. The van der Waals surface area contributed by atoms with Crippen molar-refractivity contribution >= 4 is 0 Å². The summed E-state index contributed by atoms with van der Waals surface area (Å²) in [4.78, 5) is 4.88. The molecule has 0 amide bonds. The van der Waals surface area contributed by atoms with Crippen LogP contribution in [0, 0.1) is 0 Å². The molecule has 1 fully saturated rings. The van der Waals surface area contributed by atoms with Crippen LogP contribution in [0.15, 0.2) is 0 Å². The molecule has 1 aliphatic rings. The smallest absolute Gasteiger partial charge is 0.0110 e. The number of nitrogens with zero attached hydrogens (tertiary/aromatic N) is 2. The van der Waals surface area contributed by atoms with Crippen LogP contribution in [-0.4, -0.2) is 55.6 Å². The first kappa shape index (κ1) is 9.96. The van der Waals surface area contributed by atoms with Crippen molar-refractivity contribution in [2.45, 2.75) is 19.4 Å². The van der Waals surface area contributed by atoms with Crippen LogP contribution in [0.25, 0.3) is 0 Å². The molecule has 0 aromatic carbocycles. The Kier molecular flexibility index (Phi) is 3.98. The van der Waals surface area contributed by atoms with E-state index in [2.05, 4.69) is 23.8 Å². The molecule has 3 heteroatoms.